The number of likely N-dealkylation sites (tertiary alicyclic amines) is 1. The van der Waals surface area contributed by atoms with Crippen LogP contribution in [-0.4, -0.2) is 49.5 Å². The standard InChI is InChI=1S/C17H21F3N6O/c1-2-10-8-14(17(18,19)20)26-15(22-10)9-12(24-26)13-4-3-7-25(13)16(27)11-5-6-21-23-11/h5-6,9-10,13-14,22H,2-4,7-8H2,1H3,(H,21,23)/t10-,13-,14-/m1/s1. The minimum absolute atomic E-state index is 0.0461. The van der Waals surface area contributed by atoms with E-state index in [0.29, 0.717) is 36.6 Å². The predicted molar refractivity (Wildman–Crippen MR) is 91.2 cm³/mol. The molecular weight excluding hydrogens is 361 g/mol. The average Bonchev–Trinajstić information content (AvgIpc) is 3.38. The highest BCUT2D eigenvalue weighted by molar-refractivity contribution is 5.92. The van der Waals surface area contributed by atoms with Crippen molar-refractivity contribution >= 4 is 11.7 Å². The number of nitrogens with one attached hydrogen (secondary N) is 2. The first-order valence-corrected chi connectivity index (χ1v) is 9.11. The number of aromatic amines is 1. The Morgan fingerprint density at radius 2 is 2.22 bits per heavy atom. The SMILES string of the molecule is CC[C@@H]1C[C@H](C(F)(F)F)n2nc([C@H]3CCCN3C(=O)c3ccn[nH]3)cc2N1. The van der Waals surface area contributed by atoms with Crippen molar-refractivity contribution < 1.29 is 18.0 Å². The molecule has 2 N–H and O–H groups in total. The van der Waals surface area contributed by atoms with Crippen molar-refractivity contribution in [1.29, 1.82) is 0 Å². The fourth-order valence-electron chi connectivity index (χ4n) is 3.95. The Kier molecular flexibility index (Phi) is 4.35. The molecule has 0 aliphatic carbocycles. The smallest absolute Gasteiger partial charge is 0.367 e. The van der Waals surface area contributed by atoms with Crippen molar-refractivity contribution in [2.75, 3.05) is 11.9 Å². The van der Waals surface area contributed by atoms with E-state index in [2.05, 4.69) is 20.6 Å². The van der Waals surface area contributed by atoms with E-state index in [-0.39, 0.29) is 24.4 Å². The van der Waals surface area contributed by atoms with Crippen LogP contribution in [0, 0.1) is 0 Å². The molecule has 3 atom stereocenters. The number of carbonyl (C=O) groups is 1. The normalized spacial score (nSPS) is 25.3. The molecule has 2 aliphatic heterocycles. The van der Waals surface area contributed by atoms with Crippen LogP contribution in [0.1, 0.15) is 60.9 Å². The van der Waals surface area contributed by atoms with Crippen LogP contribution in [0.5, 0.6) is 0 Å². The number of alkyl halides is 3. The van der Waals surface area contributed by atoms with Crippen LogP contribution in [0.15, 0.2) is 18.3 Å². The molecule has 1 fully saturated rings. The molecule has 10 heteroatoms. The molecule has 4 rings (SSSR count). The molecule has 0 saturated carbocycles. The molecule has 0 aromatic carbocycles. The highest BCUT2D eigenvalue weighted by Gasteiger charge is 2.46. The summed E-state index contributed by atoms with van der Waals surface area (Å²) in [7, 11) is 0. The van der Waals surface area contributed by atoms with Crippen LogP contribution in [-0.2, 0) is 0 Å². The summed E-state index contributed by atoms with van der Waals surface area (Å²) in [5.41, 5.74) is 0.858. The zero-order valence-corrected chi connectivity index (χ0v) is 14.8. The lowest BCUT2D eigenvalue weighted by Crippen LogP contribution is -2.39. The van der Waals surface area contributed by atoms with Crippen molar-refractivity contribution in [3.05, 3.63) is 29.7 Å². The molecule has 27 heavy (non-hydrogen) atoms. The monoisotopic (exact) mass is 382 g/mol. The number of rotatable bonds is 3. The van der Waals surface area contributed by atoms with Gasteiger partial charge in [-0.25, -0.2) is 4.68 Å². The number of carbonyl (C=O) groups excluding carboxylic acids is 1. The summed E-state index contributed by atoms with van der Waals surface area (Å²) >= 11 is 0. The van der Waals surface area contributed by atoms with Crippen molar-refractivity contribution in [2.24, 2.45) is 0 Å². The minimum atomic E-state index is -4.37. The van der Waals surface area contributed by atoms with Crippen LogP contribution in [0.25, 0.3) is 0 Å². The Balaban J connectivity index is 1.65. The van der Waals surface area contributed by atoms with Gasteiger partial charge in [-0.2, -0.15) is 23.4 Å². The quantitative estimate of drug-likeness (QED) is 0.854. The first-order chi connectivity index (χ1) is 12.9. The van der Waals surface area contributed by atoms with Crippen LogP contribution < -0.4 is 5.32 Å². The van der Waals surface area contributed by atoms with Crippen molar-refractivity contribution in [3.8, 4) is 0 Å². The molecular formula is C17H21F3N6O. The van der Waals surface area contributed by atoms with Crippen molar-refractivity contribution in [1.82, 2.24) is 24.9 Å². The largest absolute Gasteiger partial charge is 0.410 e. The van der Waals surface area contributed by atoms with E-state index in [9.17, 15) is 18.0 Å². The third kappa shape index (κ3) is 3.17. The van der Waals surface area contributed by atoms with Gasteiger partial charge in [-0.15, -0.1) is 0 Å². The summed E-state index contributed by atoms with van der Waals surface area (Å²) in [5.74, 6) is 0.152. The predicted octanol–water partition coefficient (Wildman–Crippen LogP) is 3.28. The average molecular weight is 382 g/mol. The minimum Gasteiger partial charge on any atom is -0.367 e. The van der Waals surface area contributed by atoms with Crippen LogP contribution in [0.4, 0.5) is 19.0 Å². The van der Waals surface area contributed by atoms with Gasteiger partial charge < -0.3 is 10.2 Å². The van der Waals surface area contributed by atoms with Gasteiger partial charge in [-0.05, 0) is 31.7 Å². The third-order valence-corrected chi connectivity index (χ3v) is 5.37. The Hall–Kier alpha value is -2.52. The number of nitrogens with zero attached hydrogens (tertiary/aromatic N) is 4. The Morgan fingerprint density at radius 3 is 2.89 bits per heavy atom. The summed E-state index contributed by atoms with van der Waals surface area (Å²) in [5, 5.41) is 13.9. The van der Waals surface area contributed by atoms with E-state index < -0.39 is 12.2 Å². The van der Waals surface area contributed by atoms with E-state index >= 15 is 0 Å². The number of amides is 1. The maximum atomic E-state index is 13.5. The lowest BCUT2D eigenvalue weighted by Gasteiger charge is -2.32. The number of hydrogen-bond acceptors (Lipinski definition) is 4. The molecule has 0 spiro atoms. The fourth-order valence-corrected chi connectivity index (χ4v) is 3.95. The van der Waals surface area contributed by atoms with E-state index in [4.69, 9.17) is 0 Å². The first kappa shape index (κ1) is 17.9. The maximum absolute atomic E-state index is 13.5. The first-order valence-electron chi connectivity index (χ1n) is 9.11. The molecule has 2 aromatic rings. The molecule has 146 valence electrons. The maximum Gasteiger partial charge on any atom is 0.410 e. The number of H-pyrrole nitrogens is 1. The second kappa shape index (κ2) is 6.58. The molecule has 1 amide bonds. The molecule has 2 aromatic heterocycles. The second-order valence-electron chi connectivity index (χ2n) is 7.07. The van der Waals surface area contributed by atoms with Gasteiger partial charge >= 0.3 is 6.18 Å². The zero-order chi connectivity index (χ0) is 19.2. The van der Waals surface area contributed by atoms with Crippen LogP contribution in [0.3, 0.4) is 0 Å². The number of halogens is 3. The van der Waals surface area contributed by atoms with Crippen LogP contribution in [0.2, 0.25) is 0 Å². The molecule has 4 heterocycles. The molecule has 1 saturated heterocycles. The summed E-state index contributed by atoms with van der Waals surface area (Å²) in [6.07, 6.45) is -0.869. The van der Waals surface area contributed by atoms with Crippen molar-refractivity contribution in [3.63, 3.8) is 0 Å². The second-order valence-corrected chi connectivity index (χ2v) is 7.07. The molecule has 7 nitrogen and oxygen atoms in total. The summed E-state index contributed by atoms with van der Waals surface area (Å²) in [6, 6.07) is 1.01. The van der Waals surface area contributed by atoms with Gasteiger partial charge in [0.25, 0.3) is 5.91 Å². The highest BCUT2D eigenvalue weighted by Crippen LogP contribution is 2.42. The Morgan fingerprint density at radius 1 is 1.41 bits per heavy atom. The van der Waals surface area contributed by atoms with E-state index in [1.54, 1.807) is 17.0 Å². The van der Waals surface area contributed by atoms with Crippen molar-refractivity contribution in [2.45, 2.75) is 56.9 Å². The summed E-state index contributed by atoms with van der Waals surface area (Å²) < 4.78 is 41.7. The van der Waals surface area contributed by atoms with Crippen LogP contribution >= 0.6 is 0 Å². The van der Waals surface area contributed by atoms with E-state index in [0.717, 1.165) is 11.1 Å². The lowest BCUT2D eigenvalue weighted by atomic mass is 10.0. The van der Waals surface area contributed by atoms with Gasteiger partial charge in [0.2, 0.25) is 0 Å². The van der Waals surface area contributed by atoms with Gasteiger partial charge in [0.1, 0.15) is 11.5 Å². The number of aromatic nitrogens is 4. The number of hydrogen-bond donors (Lipinski definition) is 2. The van der Waals surface area contributed by atoms with E-state index in [1.807, 2.05) is 6.92 Å². The van der Waals surface area contributed by atoms with Gasteiger partial charge in [0, 0.05) is 24.8 Å². The molecule has 0 unspecified atom stereocenters. The number of fused-ring (bicyclic) bond motifs is 1. The summed E-state index contributed by atoms with van der Waals surface area (Å²) in [6.45, 7) is 2.40. The topological polar surface area (TPSA) is 78.8 Å². The van der Waals surface area contributed by atoms with Gasteiger partial charge in [0.05, 0.1) is 11.7 Å². The molecule has 2 aliphatic rings. The van der Waals surface area contributed by atoms with Gasteiger partial charge in [-0.1, -0.05) is 6.92 Å². The highest BCUT2D eigenvalue weighted by atomic mass is 19.4. The summed E-state index contributed by atoms with van der Waals surface area (Å²) in [4.78, 5) is 14.3. The third-order valence-electron chi connectivity index (χ3n) is 5.37. The fraction of sp³-hybridized carbons (Fsp3) is 0.588. The van der Waals surface area contributed by atoms with E-state index in [1.165, 1.54) is 6.20 Å². The molecule has 0 bridgehead atoms. The molecule has 0 radical (unpaired) electrons. The Labute approximate surface area is 153 Å². The van der Waals surface area contributed by atoms with Gasteiger partial charge in [-0.3, -0.25) is 9.89 Å². The van der Waals surface area contributed by atoms with Gasteiger partial charge in [0.15, 0.2) is 6.04 Å². The number of anilines is 1. The zero-order valence-electron chi connectivity index (χ0n) is 14.8. The Bertz CT molecular complexity index is 815. The lowest BCUT2D eigenvalue weighted by molar-refractivity contribution is -0.173.